The summed E-state index contributed by atoms with van der Waals surface area (Å²) in [7, 11) is 3.31. The first-order valence-corrected chi connectivity index (χ1v) is 7.31. The number of ether oxygens (including phenoxy) is 3. The van der Waals surface area contributed by atoms with Crippen molar-refractivity contribution < 1.29 is 14.2 Å². The lowest BCUT2D eigenvalue weighted by Crippen LogP contribution is -2.25. The Labute approximate surface area is 121 Å². The lowest BCUT2D eigenvalue weighted by atomic mass is 10.1. The van der Waals surface area contributed by atoms with Crippen molar-refractivity contribution in [3.05, 3.63) is 23.8 Å². The van der Waals surface area contributed by atoms with Gasteiger partial charge in [-0.3, -0.25) is 0 Å². The molecule has 2 rings (SSSR count). The molecule has 0 heterocycles. The van der Waals surface area contributed by atoms with Gasteiger partial charge >= 0.3 is 0 Å². The van der Waals surface area contributed by atoms with Crippen LogP contribution >= 0.6 is 0 Å². The van der Waals surface area contributed by atoms with Gasteiger partial charge in [-0.2, -0.15) is 0 Å². The van der Waals surface area contributed by atoms with Gasteiger partial charge in [0.1, 0.15) is 0 Å². The van der Waals surface area contributed by atoms with E-state index in [-0.39, 0.29) is 6.04 Å². The molecule has 1 aromatic rings. The summed E-state index contributed by atoms with van der Waals surface area (Å²) in [5.74, 6) is 2.31. The fourth-order valence-corrected chi connectivity index (χ4v) is 2.23. The van der Waals surface area contributed by atoms with Gasteiger partial charge in [-0.15, -0.1) is 0 Å². The summed E-state index contributed by atoms with van der Waals surface area (Å²) in [4.78, 5) is 0. The van der Waals surface area contributed by atoms with Crippen LogP contribution in [0.25, 0.3) is 0 Å². The largest absolute Gasteiger partial charge is 0.493 e. The Morgan fingerprint density at radius 3 is 2.55 bits per heavy atom. The minimum absolute atomic E-state index is 0.193. The second-order valence-electron chi connectivity index (χ2n) is 5.21. The Balaban J connectivity index is 2.02. The van der Waals surface area contributed by atoms with Gasteiger partial charge in [-0.1, -0.05) is 13.0 Å². The van der Waals surface area contributed by atoms with Crippen molar-refractivity contribution in [2.24, 2.45) is 5.92 Å². The molecule has 1 fully saturated rings. The number of methoxy groups -OCH3 is 2. The van der Waals surface area contributed by atoms with Gasteiger partial charge < -0.3 is 19.5 Å². The Bertz CT molecular complexity index is 418. The van der Waals surface area contributed by atoms with Crippen molar-refractivity contribution in [3.8, 4) is 11.5 Å². The number of likely N-dealkylation sites (N-methyl/N-ethyl adjacent to an activating group) is 1. The zero-order chi connectivity index (χ0) is 14.4. The van der Waals surface area contributed by atoms with Crippen molar-refractivity contribution in [2.75, 3.05) is 34.0 Å². The third-order valence-electron chi connectivity index (χ3n) is 3.60. The zero-order valence-electron chi connectivity index (χ0n) is 12.6. The van der Waals surface area contributed by atoms with E-state index >= 15 is 0 Å². The van der Waals surface area contributed by atoms with Crippen molar-refractivity contribution >= 4 is 0 Å². The molecule has 112 valence electrons. The van der Waals surface area contributed by atoms with Crippen LogP contribution in [0.15, 0.2) is 18.2 Å². The first-order chi connectivity index (χ1) is 9.78. The quantitative estimate of drug-likeness (QED) is 0.754. The normalized spacial score (nSPS) is 15.9. The number of benzene rings is 1. The summed E-state index contributed by atoms with van der Waals surface area (Å²) in [5, 5.41) is 3.46. The van der Waals surface area contributed by atoms with E-state index in [0.717, 1.165) is 30.6 Å². The third kappa shape index (κ3) is 4.12. The van der Waals surface area contributed by atoms with Crippen molar-refractivity contribution in [3.63, 3.8) is 0 Å². The number of rotatable bonds is 9. The molecule has 0 saturated heterocycles. The molecule has 1 N–H and O–H groups in total. The second kappa shape index (κ2) is 7.50. The van der Waals surface area contributed by atoms with E-state index in [1.165, 1.54) is 18.4 Å². The summed E-state index contributed by atoms with van der Waals surface area (Å²) in [6, 6.07) is 6.22. The summed E-state index contributed by atoms with van der Waals surface area (Å²) in [5.41, 5.74) is 1.17. The number of nitrogens with one attached hydrogen (secondary N) is 1. The maximum atomic E-state index is 5.82. The average molecular weight is 279 g/mol. The molecular formula is C16H25NO3. The Morgan fingerprint density at radius 2 is 1.95 bits per heavy atom. The van der Waals surface area contributed by atoms with Crippen molar-refractivity contribution in [1.82, 2.24) is 5.32 Å². The van der Waals surface area contributed by atoms with E-state index in [0.29, 0.717) is 6.61 Å². The van der Waals surface area contributed by atoms with Crippen LogP contribution in [-0.4, -0.2) is 34.0 Å². The van der Waals surface area contributed by atoms with Gasteiger partial charge in [-0.05, 0) is 43.0 Å². The van der Waals surface area contributed by atoms with Crippen LogP contribution in [0.2, 0.25) is 0 Å². The predicted octanol–water partition coefficient (Wildman–Crippen LogP) is 2.78. The molecule has 20 heavy (non-hydrogen) atoms. The van der Waals surface area contributed by atoms with Crippen molar-refractivity contribution in [1.29, 1.82) is 0 Å². The van der Waals surface area contributed by atoms with Crippen molar-refractivity contribution in [2.45, 2.75) is 25.8 Å². The molecule has 1 aromatic carbocycles. The molecule has 1 unspecified atom stereocenters. The monoisotopic (exact) mass is 279 g/mol. The second-order valence-corrected chi connectivity index (χ2v) is 5.21. The first kappa shape index (κ1) is 15.1. The Kier molecular flexibility index (Phi) is 5.68. The molecule has 4 heteroatoms. The van der Waals surface area contributed by atoms with E-state index in [1.54, 1.807) is 14.2 Å². The lowest BCUT2D eigenvalue weighted by molar-refractivity contribution is 0.103. The van der Waals surface area contributed by atoms with E-state index in [4.69, 9.17) is 14.2 Å². The van der Waals surface area contributed by atoms with E-state index in [9.17, 15) is 0 Å². The zero-order valence-corrected chi connectivity index (χ0v) is 12.6. The molecule has 0 radical (unpaired) electrons. The van der Waals surface area contributed by atoms with Gasteiger partial charge in [0.25, 0.3) is 0 Å². The summed E-state index contributed by atoms with van der Waals surface area (Å²) >= 11 is 0. The Morgan fingerprint density at radius 1 is 1.20 bits per heavy atom. The van der Waals surface area contributed by atoms with Crippen LogP contribution in [0.3, 0.4) is 0 Å². The van der Waals surface area contributed by atoms with Gasteiger partial charge in [0.2, 0.25) is 0 Å². The van der Waals surface area contributed by atoms with Gasteiger partial charge in [0.05, 0.1) is 26.9 Å². The molecule has 1 saturated carbocycles. The van der Waals surface area contributed by atoms with E-state index in [1.807, 2.05) is 12.1 Å². The predicted molar refractivity (Wildman–Crippen MR) is 79.5 cm³/mol. The molecule has 0 spiro atoms. The number of hydrogen-bond acceptors (Lipinski definition) is 4. The molecule has 1 aliphatic rings. The Hall–Kier alpha value is -1.26. The topological polar surface area (TPSA) is 39.7 Å². The molecule has 0 aromatic heterocycles. The highest BCUT2D eigenvalue weighted by Crippen LogP contribution is 2.31. The van der Waals surface area contributed by atoms with Crippen LogP contribution in [0.5, 0.6) is 11.5 Å². The fraction of sp³-hybridized carbons (Fsp3) is 0.625. The SMILES string of the molecule is CCNC(COCC1CC1)c1ccc(OC)c(OC)c1. The molecule has 0 amide bonds. The van der Waals surface area contributed by atoms with Crippen LogP contribution in [0.4, 0.5) is 0 Å². The highest BCUT2D eigenvalue weighted by atomic mass is 16.5. The minimum Gasteiger partial charge on any atom is -0.493 e. The summed E-state index contributed by atoms with van der Waals surface area (Å²) < 4.78 is 16.5. The van der Waals surface area contributed by atoms with Crippen LogP contribution in [-0.2, 0) is 4.74 Å². The van der Waals surface area contributed by atoms with Crippen LogP contribution < -0.4 is 14.8 Å². The molecule has 4 nitrogen and oxygen atoms in total. The number of hydrogen-bond donors (Lipinski definition) is 1. The maximum absolute atomic E-state index is 5.82. The molecule has 0 bridgehead atoms. The van der Waals surface area contributed by atoms with Gasteiger partial charge in [0, 0.05) is 6.61 Å². The van der Waals surface area contributed by atoms with Crippen LogP contribution in [0, 0.1) is 5.92 Å². The lowest BCUT2D eigenvalue weighted by Gasteiger charge is -2.20. The van der Waals surface area contributed by atoms with E-state index < -0.39 is 0 Å². The highest BCUT2D eigenvalue weighted by Gasteiger charge is 2.22. The molecular weight excluding hydrogens is 254 g/mol. The summed E-state index contributed by atoms with van der Waals surface area (Å²) in [6.45, 7) is 4.59. The molecule has 1 atom stereocenters. The average Bonchev–Trinajstić information content (AvgIpc) is 3.30. The first-order valence-electron chi connectivity index (χ1n) is 7.31. The standard InChI is InChI=1S/C16H25NO3/c1-4-17-14(11-20-10-12-5-6-12)13-7-8-15(18-2)16(9-13)19-3/h7-9,12,14,17H,4-6,10-11H2,1-3H3. The van der Waals surface area contributed by atoms with Crippen LogP contribution in [0.1, 0.15) is 31.4 Å². The van der Waals surface area contributed by atoms with Gasteiger partial charge in [-0.25, -0.2) is 0 Å². The third-order valence-corrected chi connectivity index (χ3v) is 3.60. The highest BCUT2D eigenvalue weighted by molar-refractivity contribution is 5.43. The van der Waals surface area contributed by atoms with E-state index in [2.05, 4.69) is 18.3 Å². The molecule has 1 aliphatic carbocycles. The maximum Gasteiger partial charge on any atom is 0.161 e. The molecule has 0 aliphatic heterocycles. The smallest absolute Gasteiger partial charge is 0.161 e. The minimum atomic E-state index is 0.193. The fourth-order valence-electron chi connectivity index (χ4n) is 2.23. The summed E-state index contributed by atoms with van der Waals surface area (Å²) in [6.07, 6.45) is 2.64. The van der Waals surface area contributed by atoms with Gasteiger partial charge in [0.15, 0.2) is 11.5 Å².